The summed E-state index contributed by atoms with van der Waals surface area (Å²) in [6, 6.07) is 2.11. The van der Waals surface area contributed by atoms with Gasteiger partial charge in [0.25, 0.3) is 0 Å². The fourth-order valence-corrected chi connectivity index (χ4v) is 2.58. The van der Waals surface area contributed by atoms with Gasteiger partial charge in [-0.25, -0.2) is 4.98 Å². The van der Waals surface area contributed by atoms with Crippen LogP contribution in [-0.2, 0) is 12.8 Å². The number of aromatic nitrogens is 2. The van der Waals surface area contributed by atoms with Gasteiger partial charge in [0.1, 0.15) is 16.5 Å². The van der Waals surface area contributed by atoms with Crippen molar-refractivity contribution in [3.05, 3.63) is 16.1 Å². The molecule has 88 valence electrons. The van der Waals surface area contributed by atoms with Gasteiger partial charge < -0.3 is 4.57 Å². The molecule has 0 spiro atoms. The second kappa shape index (κ2) is 6.05. The molecular formula is C12H18BrN3. The summed E-state index contributed by atoms with van der Waals surface area (Å²) in [4.78, 5) is 4.60. The molecule has 0 aromatic carbocycles. The Hall–Kier alpha value is -0.820. The Kier molecular flexibility index (Phi) is 5.01. The molecule has 1 heterocycles. The number of imidazole rings is 1. The highest BCUT2D eigenvalue weighted by atomic mass is 79.9. The quantitative estimate of drug-likeness (QED) is 0.828. The van der Waals surface area contributed by atoms with E-state index in [1.54, 1.807) is 0 Å². The highest BCUT2D eigenvalue weighted by Gasteiger charge is 2.17. The standard InChI is InChI=1S/C12H18BrN3/c1-4-6-7-11-15-10(5-2)12(13)16(11)9(3)8-14/h9H,4-7H2,1-3H3. The van der Waals surface area contributed by atoms with E-state index in [2.05, 4.69) is 40.8 Å². The van der Waals surface area contributed by atoms with Crippen molar-refractivity contribution < 1.29 is 0 Å². The normalized spacial score (nSPS) is 12.4. The number of unbranched alkanes of at least 4 members (excludes halogenated alkanes) is 1. The van der Waals surface area contributed by atoms with Gasteiger partial charge in [-0.15, -0.1) is 0 Å². The van der Waals surface area contributed by atoms with Crippen LogP contribution in [0.2, 0.25) is 0 Å². The molecular weight excluding hydrogens is 266 g/mol. The maximum Gasteiger partial charge on any atom is 0.120 e. The van der Waals surface area contributed by atoms with Crippen molar-refractivity contribution in [3.63, 3.8) is 0 Å². The second-order valence-corrected chi connectivity index (χ2v) is 4.65. The summed E-state index contributed by atoms with van der Waals surface area (Å²) in [5, 5.41) is 9.03. The largest absolute Gasteiger partial charge is 0.306 e. The molecule has 0 fully saturated rings. The van der Waals surface area contributed by atoms with Gasteiger partial charge in [-0.3, -0.25) is 0 Å². The predicted molar refractivity (Wildman–Crippen MR) is 68.2 cm³/mol. The first-order valence-electron chi connectivity index (χ1n) is 5.80. The number of halogens is 1. The average Bonchev–Trinajstić information content (AvgIpc) is 2.62. The molecule has 1 aromatic rings. The van der Waals surface area contributed by atoms with Gasteiger partial charge in [0.15, 0.2) is 0 Å². The molecule has 0 N–H and O–H groups in total. The Morgan fingerprint density at radius 3 is 2.69 bits per heavy atom. The number of nitrogens with zero attached hydrogens (tertiary/aromatic N) is 3. The first kappa shape index (κ1) is 13.2. The minimum atomic E-state index is -0.158. The van der Waals surface area contributed by atoms with E-state index in [0.717, 1.165) is 41.8 Å². The molecule has 4 heteroatoms. The number of nitriles is 1. The van der Waals surface area contributed by atoms with Crippen LogP contribution in [-0.4, -0.2) is 9.55 Å². The first-order chi connectivity index (χ1) is 7.65. The van der Waals surface area contributed by atoms with Gasteiger partial charge in [-0.2, -0.15) is 5.26 Å². The Morgan fingerprint density at radius 2 is 2.19 bits per heavy atom. The first-order valence-corrected chi connectivity index (χ1v) is 6.60. The van der Waals surface area contributed by atoms with Crippen molar-refractivity contribution in [3.8, 4) is 6.07 Å². The topological polar surface area (TPSA) is 41.6 Å². The summed E-state index contributed by atoms with van der Waals surface area (Å²) in [6.07, 6.45) is 4.10. The van der Waals surface area contributed by atoms with Crippen LogP contribution < -0.4 is 0 Å². The maximum atomic E-state index is 9.03. The number of aryl methyl sites for hydroxylation is 2. The fraction of sp³-hybridized carbons (Fsp3) is 0.667. The van der Waals surface area contributed by atoms with Gasteiger partial charge in [0.05, 0.1) is 11.8 Å². The molecule has 0 saturated carbocycles. The SMILES string of the molecule is CCCCc1nc(CC)c(Br)n1C(C)C#N. The summed E-state index contributed by atoms with van der Waals surface area (Å²) in [5.41, 5.74) is 1.05. The van der Waals surface area contributed by atoms with Gasteiger partial charge in [-0.05, 0) is 35.7 Å². The molecule has 0 saturated heterocycles. The smallest absolute Gasteiger partial charge is 0.120 e. The van der Waals surface area contributed by atoms with E-state index in [4.69, 9.17) is 5.26 Å². The zero-order chi connectivity index (χ0) is 12.1. The molecule has 0 aliphatic heterocycles. The zero-order valence-electron chi connectivity index (χ0n) is 10.1. The van der Waals surface area contributed by atoms with Crippen LogP contribution in [0.1, 0.15) is 51.2 Å². The van der Waals surface area contributed by atoms with Crippen LogP contribution in [0.4, 0.5) is 0 Å². The summed E-state index contributed by atoms with van der Waals surface area (Å²) in [7, 11) is 0. The molecule has 1 atom stereocenters. The van der Waals surface area contributed by atoms with E-state index >= 15 is 0 Å². The van der Waals surface area contributed by atoms with Gasteiger partial charge in [-0.1, -0.05) is 20.3 Å². The predicted octanol–water partition coefficient (Wildman–Crippen LogP) is 3.64. The Bertz CT molecular complexity index is 390. The van der Waals surface area contributed by atoms with Gasteiger partial charge in [0, 0.05) is 6.42 Å². The fourth-order valence-electron chi connectivity index (χ4n) is 1.70. The number of hydrogen-bond acceptors (Lipinski definition) is 2. The molecule has 0 amide bonds. The molecule has 1 aromatic heterocycles. The minimum absolute atomic E-state index is 0.158. The Labute approximate surface area is 106 Å². The van der Waals surface area contributed by atoms with E-state index in [9.17, 15) is 0 Å². The Morgan fingerprint density at radius 1 is 1.50 bits per heavy atom. The molecule has 16 heavy (non-hydrogen) atoms. The van der Waals surface area contributed by atoms with Crippen LogP contribution >= 0.6 is 15.9 Å². The molecule has 1 unspecified atom stereocenters. The zero-order valence-corrected chi connectivity index (χ0v) is 11.7. The van der Waals surface area contributed by atoms with Crippen LogP contribution in [0.15, 0.2) is 4.60 Å². The third-order valence-electron chi connectivity index (χ3n) is 2.65. The van der Waals surface area contributed by atoms with Crippen molar-refractivity contribution in [2.45, 2.75) is 52.5 Å². The van der Waals surface area contributed by atoms with Crippen molar-refractivity contribution in [2.24, 2.45) is 0 Å². The van der Waals surface area contributed by atoms with Crippen molar-refractivity contribution in [1.82, 2.24) is 9.55 Å². The summed E-state index contributed by atoms with van der Waals surface area (Å²) >= 11 is 3.54. The highest BCUT2D eigenvalue weighted by molar-refractivity contribution is 9.10. The van der Waals surface area contributed by atoms with Crippen molar-refractivity contribution in [1.29, 1.82) is 5.26 Å². The average molecular weight is 284 g/mol. The van der Waals surface area contributed by atoms with E-state index in [-0.39, 0.29) is 6.04 Å². The van der Waals surface area contributed by atoms with E-state index in [1.807, 2.05) is 11.5 Å². The van der Waals surface area contributed by atoms with E-state index in [0.29, 0.717) is 0 Å². The summed E-state index contributed by atoms with van der Waals surface area (Å²) in [6.45, 7) is 6.15. The number of rotatable bonds is 5. The van der Waals surface area contributed by atoms with Crippen molar-refractivity contribution >= 4 is 15.9 Å². The molecule has 1 rings (SSSR count). The van der Waals surface area contributed by atoms with Crippen LogP contribution in [0.5, 0.6) is 0 Å². The lowest BCUT2D eigenvalue weighted by Crippen LogP contribution is -2.08. The van der Waals surface area contributed by atoms with Gasteiger partial charge in [0.2, 0.25) is 0 Å². The summed E-state index contributed by atoms with van der Waals surface area (Å²) < 4.78 is 2.98. The third kappa shape index (κ3) is 2.65. The van der Waals surface area contributed by atoms with E-state index < -0.39 is 0 Å². The Balaban J connectivity index is 3.10. The summed E-state index contributed by atoms with van der Waals surface area (Å²) in [5.74, 6) is 1.03. The van der Waals surface area contributed by atoms with Crippen LogP contribution in [0.3, 0.4) is 0 Å². The molecule has 0 aliphatic carbocycles. The lowest BCUT2D eigenvalue weighted by molar-refractivity contribution is 0.602. The lowest BCUT2D eigenvalue weighted by Gasteiger charge is -2.10. The van der Waals surface area contributed by atoms with Crippen LogP contribution in [0, 0.1) is 11.3 Å². The lowest BCUT2D eigenvalue weighted by atomic mass is 10.2. The monoisotopic (exact) mass is 283 g/mol. The molecule has 0 radical (unpaired) electrons. The highest BCUT2D eigenvalue weighted by Crippen LogP contribution is 2.24. The van der Waals surface area contributed by atoms with E-state index in [1.165, 1.54) is 0 Å². The van der Waals surface area contributed by atoms with Crippen LogP contribution in [0.25, 0.3) is 0 Å². The number of hydrogen-bond donors (Lipinski definition) is 0. The molecule has 0 aliphatic rings. The maximum absolute atomic E-state index is 9.03. The second-order valence-electron chi connectivity index (χ2n) is 3.90. The minimum Gasteiger partial charge on any atom is -0.306 e. The molecule has 0 bridgehead atoms. The van der Waals surface area contributed by atoms with Gasteiger partial charge >= 0.3 is 0 Å². The molecule has 3 nitrogen and oxygen atoms in total. The third-order valence-corrected chi connectivity index (χ3v) is 3.49. The van der Waals surface area contributed by atoms with Crippen molar-refractivity contribution in [2.75, 3.05) is 0 Å².